The Morgan fingerprint density at radius 2 is 2.22 bits per heavy atom. The first kappa shape index (κ1) is 13.4. The van der Waals surface area contributed by atoms with Crippen LogP contribution in [0.2, 0.25) is 0 Å². The van der Waals surface area contributed by atoms with Crippen molar-refractivity contribution in [2.24, 2.45) is 0 Å². The normalized spacial score (nSPS) is 18.9. The van der Waals surface area contributed by atoms with E-state index in [0.29, 0.717) is 13.1 Å². The van der Waals surface area contributed by atoms with Crippen LogP contribution in [0.1, 0.15) is 0 Å². The smallest absolute Gasteiger partial charge is 0.0791 e. The van der Waals surface area contributed by atoms with Crippen molar-refractivity contribution in [3.8, 4) is 0 Å². The lowest BCUT2D eigenvalue weighted by molar-refractivity contribution is 0.0149. The van der Waals surface area contributed by atoms with Crippen LogP contribution in [-0.2, 0) is 11.3 Å². The number of β-amino-alcohol motifs (C(OH)–C–C–N with tert-alkyl or cyclic N) is 1. The molecule has 1 fully saturated rings. The molecule has 2 N–H and O–H groups in total. The van der Waals surface area contributed by atoms with E-state index in [2.05, 4.69) is 20.5 Å². The number of aliphatic hydroxyl groups is 1. The van der Waals surface area contributed by atoms with E-state index in [1.165, 1.54) is 0 Å². The summed E-state index contributed by atoms with van der Waals surface area (Å²) >= 11 is 0. The highest BCUT2D eigenvalue weighted by Gasteiger charge is 2.14. The van der Waals surface area contributed by atoms with Gasteiger partial charge in [-0.3, -0.25) is 9.58 Å². The second-order valence-corrected chi connectivity index (χ2v) is 4.44. The Morgan fingerprint density at radius 1 is 1.39 bits per heavy atom. The second kappa shape index (κ2) is 7.42. The standard InChI is InChI=1S/C11H21N5O2/c17-11(10-15-5-7-18-8-6-15)9-12-1-3-16-4-2-13-14-16/h2,4,11-12,17H,1,3,5-10H2. The van der Waals surface area contributed by atoms with Gasteiger partial charge in [0, 0.05) is 38.9 Å². The monoisotopic (exact) mass is 255 g/mol. The molecule has 1 unspecified atom stereocenters. The molecular formula is C11H21N5O2. The predicted molar refractivity (Wildman–Crippen MR) is 66.2 cm³/mol. The molecule has 0 amide bonds. The molecular weight excluding hydrogens is 234 g/mol. The third kappa shape index (κ3) is 4.69. The van der Waals surface area contributed by atoms with Gasteiger partial charge >= 0.3 is 0 Å². The summed E-state index contributed by atoms with van der Waals surface area (Å²) in [7, 11) is 0. The SMILES string of the molecule is OC(CNCCn1ccnn1)CN1CCOCC1. The molecule has 102 valence electrons. The Kier molecular flexibility index (Phi) is 5.53. The van der Waals surface area contributed by atoms with Gasteiger partial charge in [-0.1, -0.05) is 5.21 Å². The van der Waals surface area contributed by atoms with Crippen molar-refractivity contribution in [3.63, 3.8) is 0 Å². The largest absolute Gasteiger partial charge is 0.390 e. The van der Waals surface area contributed by atoms with Crippen LogP contribution >= 0.6 is 0 Å². The Labute approximate surface area is 107 Å². The second-order valence-electron chi connectivity index (χ2n) is 4.44. The minimum absolute atomic E-state index is 0.334. The van der Waals surface area contributed by atoms with Gasteiger partial charge in [-0.05, 0) is 0 Å². The molecule has 1 saturated heterocycles. The first-order chi connectivity index (χ1) is 8.84. The van der Waals surface area contributed by atoms with E-state index in [9.17, 15) is 5.11 Å². The molecule has 0 saturated carbocycles. The molecule has 1 aliphatic heterocycles. The first-order valence-corrected chi connectivity index (χ1v) is 6.37. The van der Waals surface area contributed by atoms with Crippen LogP contribution < -0.4 is 5.32 Å². The van der Waals surface area contributed by atoms with Crippen LogP contribution in [0, 0.1) is 0 Å². The minimum atomic E-state index is -0.334. The molecule has 7 nitrogen and oxygen atoms in total. The van der Waals surface area contributed by atoms with Gasteiger partial charge in [0.2, 0.25) is 0 Å². The fourth-order valence-corrected chi connectivity index (χ4v) is 1.96. The zero-order chi connectivity index (χ0) is 12.6. The minimum Gasteiger partial charge on any atom is -0.390 e. The van der Waals surface area contributed by atoms with Crippen LogP contribution in [0.5, 0.6) is 0 Å². The Hall–Kier alpha value is -1.02. The summed E-state index contributed by atoms with van der Waals surface area (Å²) in [4.78, 5) is 2.23. The molecule has 2 heterocycles. The van der Waals surface area contributed by atoms with E-state index < -0.39 is 0 Å². The van der Waals surface area contributed by atoms with Crippen LogP contribution in [0.15, 0.2) is 12.4 Å². The summed E-state index contributed by atoms with van der Waals surface area (Å²) in [6.07, 6.45) is 3.15. The van der Waals surface area contributed by atoms with E-state index in [1.54, 1.807) is 10.9 Å². The molecule has 0 spiro atoms. The number of aromatic nitrogens is 3. The molecule has 0 aliphatic carbocycles. The van der Waals surface area contributed by atoms with Crippen LogP contribution in [0.25, 0.3) is 0 Å². The lowest BCUT2D eigenvalue weighted by Gasteiger charge is -2.28. The van der Waals surface area contributed by atoms with Crippen molar-refractivity contribution < 1.29 is 9.84 Å². The third-order valence-corrected chi connectivity index (χ3v) is 2.94. The maximum absolute atomic E-state index is 9.88. The molecule has 0 radical (unpaired) electrons. The number of aliphatic hydroxyl groups excluding tert-OH is 1. The zero-order valence-corrected chi connectivity index (χ0v) is 10.5. The molecule has 1 aliphatic rings. The summed E-state index contributed by atoms with van der Waals surface area (Å²) in [6, 6.07) is 0. The quantitative estimate of drug-likeness (QED) is 0.581. The first-order valence-electron chi connectivity index (χ1n) is 6.37. The van der Waals surface area contributed by atoms with Gasteiger partial charge in [0.15, 0.2) is 0 Å². The fourth-order valence-electron chi connectivity index (χ4n) is 1.96. The molecule has 7 heteroatoms. The average Bonchev–Trinajstić information content (AvgIpc) is 2.89. The number of nitrogens with zero attached hydrogens (tertiary/aromatic N) is 4. The Balaban J connectivity index is 1.52. The molecule has 1 aromatic rings. The van der Waals surface area contributed by atoms with E-state index in [4.69, 9.17) is 4.74 Å². The molecule has 1 atom stereocenters. The predicted octanol–water partition coefficient (Wildman–Crippen LogP) is -1.44. The van der Waals surface area contributed by atoms with Crippen molar-refractivity contribution in [2.45, 2.75) is 12.6 Å². The summed E-state index contributed by atoms with van der Waals surface area (Å²) in [5.74, 6) is 0. The van der Waals surface area contributed by atoms with Gasteiger partial charge in [0.1, 0.15) is 0 Å². The maximum atomic E-state index is 9.88. The fraction of sp³-hybridized carbons (Fsp3) is 0.818. The van der Waals surface area contributed by atoms with Crippen molar-refractivity contribution in [1.82, 2.24) is 25.2 Å². The van der Waals surface area contributed by atoms with Crippen LogP contribution in [-0.4, -0.2) is 77.0 Å². The van der Waals surface area contributed by atoms with E-state index >= 15 is 0 Å². The van der Waals surface area contributed by atoms with E-state index in [0.717, 1.165) is 39.4 Å². The van der Waals surface area contributed by atoms with Gasteiger partial charge in [0.25, 0.3) is 0 Å². The van der Waals surface area contributed by atoms with Gasteiger partial charge in [0.05, 0.1) is 32.1 Å². The van der Waals surface area contributed by atoms with Gasteiger partial charge in [-0.15, -0.1) is 5.10 Å². The summed E-state index contributed by atoms with van der Waals surface area (Å²) in [5, 5.41) is 20.7. The van der Waals surface area contributed by atoms with Crippen molar-refractivity contribution in [3.05, 3.63) is 12.4 Å². The molecule has 18 heavy (non-hydrogen) atoms. The Morgan fingerprint density at radius 3 is 2.94 bits per heavy atom. The average molecular weight is 255 g/mol. The molecule has 0 bridgehead atoms. The topological polar surface area (TPSA) is 75.4 Å². The number of rotatable bonds is 7. The van der Waals surface area contributed by atoms with Crippen molar-refractivity contribution in [1.29, 1.82) is 0 Å². The Bertz CT molecular complexity index is 313. The lowest BCUT2D eigenvalue weighted by atomic mass is 10.3. The third-order valence-electron chi connectivity index (χ3n) is 2.94. The number of nitrogens with one attached hydrogen (secondary N) is 1. The van der Waals surface area contributed by atoms with Gasteiger partial charge in [-0.2, -0.15) is 0 Å². The maximum Gasteiger partial charge on any atom is 0.0791 e. The number of ether oxygens (including phenoxy) is 1. The van der Waals surface area contributed by atoms with Crippen molar-refractivity contribution in [2.75, 3.05) is 45.9 Å². The highest BCUT2D eigenvalue weighted by atomic mass is 16.5. The van der Waals surface area contributed by atoms with E-state index in [1.807, 2.05) is 6.20 Å². The molecule has 0 aromatic carbocycles. The van der Waals surface area contributed by atoms with Crippen molar-refractivity contribution >= 4 is 0 Å². The molecule has 2 rings (SSSR count). The molecule has 1 aromatic heterocycles. The van der Waals surface area contributed by atoms with Gasteiger partial charge < -0.3 is 15.2 Å². The van der Waals surface area contributed by atoms with Crippen LogP contribution in [0.3, 0.4) is 0 Å². The van der Waals surface area contributed by atoms with Gasteiger partial charge in [-0.25, -0.2) is 0 Å². The van der Waals surface area contributed by atoms with E-state index in [-0.39, 0.29) is 6.10 Å². The van der Waals surface area contributed by atoms with Crippen LogP contribution in [0.4, 0.5) is 0 Å². The number of morpholine rings is 1. The lowest BCUT2D eigenvalue weighted by Crippen LogP contribution is -2.44. The number of hydrogen-bond acceptors (Lipinski definition) is 6. The zero-order valence-electron chi connectivity index (χ0n) is 10.5. The summed E-state index contributed by atoms with van der Waals surface area (Å²) < 4.78 is 7.03. The summed E-state index contributed by atoms with van der Waals surface area (Å²) in [5.41, 5.74) is 0. The summed E-state index contributed by atoms with van der Waals surface area (Å²) in [6.45, 7) is 6.23. The number of hydrogen-bond donors (Lipinski definition) is 2. The highest BCUT2D eigenvalue weighted by Crippen LogP contribution is 1.98. The highest BCUT2D eigenvalue weighted by molar-refractivity contribution is 4.69.